The molecule has 4 heteroatoms. The summed E-state index contributed by atoms with van der Waals surface area (Å²) >= 11 is 1.83. The normalized spacial score (nSPS) is 16.0. The molecule has 1 saturated heterocycles. The Morgan fingerprint density at radius 2 is 1.91 bits per heavy atom. The average molecular weight is 321 g/mol. The molecule has 0 spiro atoms. The van der Waals surface area contributed by atoms with E-state index >= 15 is 0 Å². The van der Waals surface area contributed by atoms with Crippen LogP contribution in [0.25, 0.3) is 0 Å². The molecule has 0 aliphatic carbocycles. The van der Waals surface area contributed by atoms with Crippen molar-refractivity contribution >= 4 is 17.7 Å². The highest BCUT2D eigenvalue weighted by molar-refractivity contribution is 7.99. The molecule has 122 valence electrons. The van der Waals surface area contributed by atoms with Crippen LogP contribution < -0.4 is 5.32 Å². The Morgan fingerprint density at radius 1 is 1.27 bits per heavy atom. The zero-order valence-corrected chi connectivity index (χ0v) is 14.8. The maximum absolute atomic E-state index is 12.9. The number of benzene rings is 1. The van der Waals surface area contributed by atoms with Gasteiger partial charge in [-0.3, -0.25) is 4.79 Å². The molecule has 1 aliphatic heterocycles. The van der Waals surface area contributed by atoms with Gasteiger partial charge in [-0.1, -0.05) is 20.8 Å². The Kier molecular flexibility index (Phi) is 6.77. The minimum atomic E-state index is 0.190. The van der Waals surface area contributed by atoms with Crippen molar-refractivity contribution in [3.05, 3.63) is 29.8 Å². The summed E-state index contributed by atoms with van der Waals surface area (Å²) in [5.41, 5.74) is 0.820. The number of hydrogen-bond donors (Lipinski definition) is 1. The van der Waals surface area contributed by atoms with Crippen molar-refractivity contribution < 1.29 is 4.79 Å². The number of nitrogens with zero attached hydrogens (tertiary/aromatic N) is 1. The van der Waals surface area contributed by atoms with E-state index < -0.39 is 0 Å². The zero-order valence-electron chi connectivity index (χ0n) is 14.0. The number of carbonyl (C=O) groups excluding carboxylic acids is 1. The number of piperidine rings is 1. The molecular formula is C18H28N2OS. The van der Waals surface area contributed by atoms with E-state index in [9.17, 15) is 4.79 Å². The van der Waals surface area contributed by atoms with Gasteiger partial charge in [0.2, 0.25) is 0 Å². The molecule has 1 aromatic carbocycles. The Morgan fingerprint density at radius 3 is 2.45 bits per heavy atom. The molecule has 1 amide bonds. The van der Waals surface area contributed by atoms with Crippen LogP contribution in [0.1, 0.15) is 50.4 Å². The van der Waals surface area contributed by atoms with Crippen LogP contribution in [0.5, 0.6) is 0 Å². The number of carbonyl (C=O) groups is 1. The molecule has 0 aromatic heterocycles. The highest BCUT2D eigenvalue weighted by Gasteiger charge is 2.25. The van der Waals surface area contributed by atoms with Crippen molar-refractivity contribution in [2.24, 2.45) is 0 Å². The van der Waals surface area contributed by atoms with Crippen LogP contribution in [0.4, 0.5) is 0 Å². The molecule has 0 unspecified atom stereocenters. The standard InChI is InChI=1S/C18H28N2OS/c1-4-13-20(16-9-11-19-12-10-16)18(21)15-5-7-17(8-6-15)22-14(2)3/h5-8,14,16,19H,4,9-13H2,1-3H3. The smallest absolute Gasteiger partial charge is 0.254 e. The van der Waals surface area contributed by atoms with Gasteiger partial charge in [0.1, 0.15) is 0 Å². The molecule has 0 atom stereocenters. The predicted octanol–water partition coefficient (Wildman–Crippen LogP) is 3.79. The second-order valence-electron chi connectivity index (χ2n) is 6.17. The van der Waals surface area contributed by atoms with E-state index in [0.717, 1.165) is 44.5 Å². The van der Waals surface area contributed by atoms with E-state index in [1.54, 1.807) is 0 Å². The van der Waals surface area contributed by atoms with Crippen LogP contribution in [0.2, 0.25) is 0 Å². The Hall–Kier alpha value is -1.00. The van der Waals surface area contributed by atoms with Crippen molar-refractivity contribution in [3.63, 3.8) is 0 Å². The van der Waals surface area contributed by atoms with Crippen LogP contribution in [-0.2, 0) is 0 Å². The first kappa shape index (κ1) is 17.4. The molecule has 3 nitrogen and oxygen atoms in total. The van der Waals surface area contributed by atoms with Crippen LogP contribution in [0.3, 0.4) is 0 Å². The topological polar surface area (TPSA) is 32.3 Å². The quantitative estimate of drug-likeness (QED) is 0.809. The lowest BCUT2D eigenvalue weighted by atomic mass is 10.0. The van der Waals surface area contributed by atoms with Gasteiger partial charge in [0, 0.05) is 28.3 Å². The van der Waals surface area contributed by atoms with Crippen LogP contribution in [0, 0.1) is 0 Å². The summed E-state index contributed by atoms with van der Waals surface area (Å²) in [5, 5.41) is 3.94. The summed E-state index contributed by atoms with van der Waals surface area (Å²) < 4.78 is 0. The first-order valence-corrected chi connectivity index (χ1v) is 9.28. The molecule has 1 N–H and O–H groups in total. The maximum Gasteiger partial charge on any atom is 0.254 e. The zero-order chi connectivity index (χ0) is 15.9. The van der Waals surface area contributed by atoms with Gasteiger partial charge >= 0.3 is 0 Å². The van der Waals surface area contributed by atoms with E-state index in [1.165, 1.54) is 4.90 Å². The van der Waals surface area contributed by atoms with Gasteiger partial charge in [-0.25, -0.2) is 0 Å². The molecule has 0 bridgehead atoms. The van der Waals surface area contributed by atoms with Crippen molar-refractivity contribution in [1.82, 2.24) is 10.2 Å². The summed E-state index contributed by atoms with van der Waals surface area (Å²) in [6, 6.07) is 8.50. The number of thioether (sulfide) groups is 1. The van der Waals surface area contributed by atoms with Gasteiger partial charge in [0.05, 0.1) is 0 Å². The third-order valence-corrected chi connectivity index (χ3v) is 4.96. The van der Waals surface area contributed by atoms with Crippen molar-refractivity contribution in [2.45, 2.75) is 56.2 Å². The van der Waals surface area contributed by atoms with E-state index in [1.807, 2.05) is 23.9 Å². The fourth-order valence-electron chi connectivity index (χ4n) is 2.92. The van der Waals surface area contributed by atoms with Gasteiger partial charge in [-0.2, -0.15) is 0 Å². The highest BCUT2D eigenvalue weighted by atomic mass is 32.2. The lowest BCUT2D eigenvalue weighted by Crippen LogP contribution is -2.46. The molecular weight excluding hydrogens is 292 g/mol. The van der Waals surface area contributed by atoms with E-state index in [2.05, 4.69) is 43.1 Å². The molecule has 2 rings (SSSR count). The van der Waals surface area contributed by atoms with Crippen LogP contribution >= 0.6 is 11.8 Å². The second-order valence-corrected chi connectivity index (χ2v) is 7.82. The van der Waals surface area contributed by atoms with E-state index in [-0.39, 0.29) is 5.91 Å². The lowest BCUT2D eigenvalue weighted by molar-refractivity contribution is 0.0642. The average Bonchev–Trinajstić information content (AvgIpc) is 2.53. The SMILES string of the molecule is CCCN(C(=O)c1ccc(SC(C)C)cc1)C1CCNCC1. The predicted molar refractivity (Wildman–Crippen MR) is 94.7 cm³/mol. The second kappa shape index (κ2) is 8.59. The maximum atomic E-state index is 12.9. The Bertz CT molecular complexity index is 466. The van der Waals surface area contributed by atoms with E-state index in [0.29, 0.717) is 11.3 Å². The molecule has 1 fully saturated rings. The highest BCUT2D eigenvalue weighted by Crippen LogP contribution is 2.24. The third kappa shape index (κ3) is 4.75. The minimum Gasteiger partial charge on any atom is -0.336 e. The van der Waals surface area contributed by atoms with E-state index in [4.69, 9.17) is 0 Å². The van der Waals surface area contributed by atoms with Crippen LogP contribution in [0.15, 0.2) is 29.2 Å². The largest absolute Gasteiger partial charge is 0.336 e. The molecule has 1 aliphatic rings. The summed E-state index contributed by atoms with van der Waals surface area (Å²) in [6.45, 7) is 9.40. The summed E-state index contributed by atoms with van der Waals surface area (Å²) in [4.78, 5) is 16.2. The van der Waals surface area contributed by atoms with Gasteiger partial charge in [0.15, 0.2) is 0 Å². The number of amides is 1. The monoisotopic (exact) mass is 320 g/mol. The molecule has 22 heavy (non-hydrogen) atoms. The fraction of sp³-hybridized carbons (Fsp3) is 0.611. The van der Waals surface area contributed by atoms with Gasteiger partial charge in [-0.05, 0) is 56.6 Å². The molecule has 0 radical (unpaired) electrons. The minimum absolute atomic E-state index is 0.190. The van der Waals surface area contributed by atoms with Crippen molar-refractivity contribution in [1.29, 1.82) is 0 Å². The Labute approximate surface area is 138 Å². The Balaban J connectivity index is 2.08. The summed E-state index contributed by atoms with van der Waals surface area (Å²) in [7, 11) is 0. The summed E-state index contributed by atoms with van der Waals surface area (Å²) in [5.74, 6) is 0.190. The van der Waals surface area contributed by atoms with Gasteiger partial charge in [-0.15, -0.1) is 11.8 Å². The molecule has 1 aromatic rings. The first-order valence-electron chi connectivity index (χ1n) is 8.40. The lowest BCUT2D eigenvalue weighted by Gasteiger charge is -2.34. The molecule has 1 heterocycles. The molecule has 0 saturated carbocycles. The third-order valence-electron chi connectivity index (χ3n) is 3.95. The first-order chi connectivity index (χ1) is 10.6. The summed E-state index contributed by atoms with van der Waals surface area (Å²) in [6.07, 6.45) is 3.14. The van der Waals surface area contributed by atoms with Crippen LogP contribution in [-0.4, -0.2) is 41.7 Å². The van der Waals surface area contributed by atoms with Gasteiger partial charge < -0.3 is 10.2 Å². The van der Waals surface area contributed by atoms with Gasteiger partial charge in [0.25, 0.3) is 5.91 Å². The number of nitrogens with one attached hydrogen (secondary N) is 1. The van der Waals surface area contributed by atoms with Crippen molar-refractivity contribution in [3.8, 4) is 0 Å². The fourth-order valence-corrected chi connectivity index (χ4v) is 3.76. The number of hydrogen-bond acceptors (Lipinski definition) is 3. The number of rotatable bonds is 6. The van der Waals surface area contributed by atoms with Crippen molar-refractivity contribution in [2.75, 3.05) is 19.6 Å².